The normalized spacial score (nSPS) is 13.8. The van der Waals surface area contributed by atoms with Gasteiger partial charge in [0.15, 0.2) is 13.2 Å². The molecule has 0 radical (unpaired) electrons. The van der Waals surface area contributed by atoms with Gasteiger partial charge in [-0.15, -0.1) is 11.3 Å². The van der Waals surface area contributed by atoms with E-state index in [1.165, 1.54) is 25.2 Å². The van der Waals surface area contributed by atoms with Crippen LogP contribution in [0.5, 0.6) is 5.75 Å². The van der Waals surface area contributed by atoms with Crippen molar-refractivity contribution in [1.82, 2.24) is 10.6 Å². The maximum Gasteiger partial charge on any atom is 0.344 e. The summed E-state index contributed by atoms with van der Waals surface area (Å²) in [5, 5.41) is 6.50. The third-order valence-corrected chi connectivity index (χ3v) is 8.13. The Hall–Kier alpha value is -3.12. The number of nitrogens with one attached hydrogen (secondary N) is 2. The Bertz CT molecular complexity index is 1060. The van der Waals surface area contributed by atoms with Crippen LogP contribution in [0.15, 0.2) is 46.0 Å². The number of rotatable bonds is 9. The molecule has 0 unspecified atom stereocenters. The van der Waals surface area contributed by atoms with Crippen LogP contribution in [0.3, 0.4) is 0 Å². The highest BCUT2D eigenvalue weighted by molar-refractivity contribution is 7.94. The highest BCUT2D eigenvalue weighted by Crippen LogP contribution is 2.26. The van der Waals surface area contributed by atoms with E-state index >= 15 is 0 Å². The van der Waals surface area contributed by atoms with Crippen molar-refractivity contribution in [2.45, 2.75) is 35.9 Å². The van der Waals surface area contributed by atoms with Crippen LogP contribution in [0, 0.1) is 0 Å². The molecule has 1 aromatic heterocycles. The third-order valence-electron chi connectivity index (χ3n) is 4.97. The number of carbonyl (C=O) groups excluding carboxylic acids is 3. The molecule has 2 aromatic rings. The number of nitrogens with zero attached hydrogens (tertiary/aromatic N) is 1. The topological polar surface area (TPSA) is 131 Å². The SMILES string of the molecule is CN(c1ccc(OCC(=O)OCC(=O)NC(=O)NC2CCCC2)cc1)S(=O)(=O)c1cccs1. The molecule has 12 heteroatoms. The number of thiophene rings is 1. The molecule has 33 heavy (non-hydrogen) atoms. The molecule has 1 aliphatic carbocycles. The summed E-state index contributed by atoms with van der Waals surface area (Å²) in [5.41, 5.74) is 0.422. The monoisotopic (exact) mass is 495 g/mol. The van der Waals surface area contributed by atoms with Crippen LogP contribution in [0.25, 0.3) is 0 Å². The smallest absolute Gasteiger partial charge is 0.344 e. The lowest BCUT2D eigenvalue weighted by atomic mass is 10.2. The Morgan fingerprint density at radius 3 is 2.42 bits per heavy atom. The Morgan fingerprint density at radius 1 is 1.09 bits per heavy atom. The van der Waals surface area contributed by atoms with Crippen LogP contribution >= 0.6 is 11.3 Å². The van der Waals surface area contributed by atoms with Crippen LogP contribution < -0.4 is 19.7 Å². The molecule has 1 aliphatic rings. The molecule has 3 rings (SSSR count). The summed E-state index contributed by atoms with van der Waals surface area (Å²) in [7, 11) is -2.20. The number of amides is 3. The van der Waals surface area contributed by atoms with Gasteiger partial charge < -0.3 is 14.8 Å². The maximum absolute atomic E-state index is 12.6. The summed E-state index contributed by atoms with van der Waals surface area (Å²) >= 11 is 1.13. The van der Waals surface area contributed by atoms with E-state index in [1.807, 2.05) is 0 Å². The Balaban J connectivity index is 1.40. The number of sulfonamides is 1. The zero-order valence-corrected chi connectivity index (χ0v) is 19.6. The predicted octanol–water partition coefficient (Wildman–Crippen LogP) is 2.26. The zero-order valence-electron chi connectivity index (χ0n) is 18.0. The number of hydrogen-bond donors (Lipinski definition) is 2. The number of anilines is 1. The van der Waals surface area contributed by atoms with Gasteiger partial charge in [-0.1, -0.05) is 18.9 Å². The summed E-state index contributed by atoms with van der Waals surface area (Å²) in [6.07, 6.45) is 3.86. The van der Waals surface area contributed by atoms with Crippen LogP contribution in [0.4, 0.5) is 10.5 Å². The van der Waals surface area contributed by atoms with Crippen LogP contribution in [-0.2, 0) is 24.3 Å². The van der Waals surface area contributed by atoms with Gasteiger partial charge in [0.05, 0.1) is 5.69 Å². The van der Waals surface area contributed by atoms with Gasteiger partial charge in [0.1, 0.15) is 9.96 Å². The molecule has 0 atom stereocenters. The van der Waals surface area contributed by atoms with Crippen molar-refractivity contribution in [2.75, 3.05) is 24.6 Å². The van der Waals surface area contributed by atoms with Crippen molar-refractivity contribution < 1.29 is 32.3 Å². The van der Waals surface area contributed by atoms with E-state index in [9.17, 15) is 22.8 Å². The minimum atomic E-state index is -3.65. The standard InChI is InChI=1S/C21H25N3O7S2/c1-24(33(28,29)20-7-4-12-32-20)16-8-10-17(11-9-16)30-14-19(26)31-13-18(25)23-21(27)22-15-5-2-3-6-15/h4,7-12,15H,2-3,5-6,13-14H2,1H3,(H2,22,23,25,27). The average molecular weight is 496 g/mol. The van der Waals surface area contributed by atoms with Crippen LogP contribution in [0.2, 0.25) is 0 Å². The van der Waals surface area contributed by atoms with E-state index < -0.39 is 41.1 Å². The molecule has 1 saturated carbocycles. The molecule has 2 N–H and O–H groups in total. The fraction of sp³-hybridized carbons (Fsp3) is 0.381. The first-order valence-electron chi connectivity index (χ1n) is 10.3. The molecule has 1 aromatic carbocycles. The Kier molecular flexibility index (Phi) is 8.28. The largest absolute Gasteiger partial charge is 0.482 e. The van der Waals surface area contributed by atoms with E-state index in [1.54, 1.807) is 23.6 Å². The zero-order chi connectivity index (χ0) is 23.8. The van der Waals surface area contributed by atoms with Gasteiger partial charge in [-0.05, 0) is 48.6 Å². The minimum Gasteiger partial charge on any atom is -0.482 e. The first-order valence-corrected chi connectivity index (χ1v) is 12.6. The van der Waals surface area contributed by atoms with Gasteiger partial charge >= 0.3 is 12.0 Å². The fourth-order valence-electron chi connectivity index (χ4n) is 3.22. The maximum atomic E-state index is 12.6. The minimum absolute atomic E-state index is 0.0655. The highest BCUT2D eigenvalue weighted by Gasteiger charge is 2.22. The second kappa shape index (κ2) is 11.1. The van der Waals surface area contributed by atoms with Crippen LogP contribution in [0.1, 0.15) is 25.7 Å². The third kappa shape index (κ3) is 6.93. The number of benzene rings is 1. The predicted molar refractivity (Wildman–Crippen MR) is 122 cm³/mol. The van der Waals surface area contributed by atoms with Crippen molar-refractivity contribution in [3.63, 3.8) is 0 Å². The number of esters is 1. The van der Waals surface area contributed by atoms with Crippen molar-refractivity contribution >= 4 is 45.0 Å². The van der Waals surface area contributed by atoms with E-state index in [4.69, 9.17) is 9.47 Å². The van der Waals surface area contributed by atoms with Crippen LogP contribution in [-0.4, -0.2) is 52.6 Å². The van der Waals surface area contributed by atoms with E-state index in [-0.39, 0.29) is 10.3 Å². The van der Waals surface area contributed by atoms with Crippen molar-refractivity contribution in [3.05, 3.63) is 41.8 Å². The molecule has 1 heterocycles. The van der Waals surface area contributed by atoms with E-state index in [0.29, 0.717) is 11.4 Å². The second-order valence-electron chi connectivity index (χ2n) is 7.35. The van der Waals surface area contributed by atoms with E-state index in [2.05, 4.69) is 10.6 Å². The average Bonchev–Trinajstić information content (AvgIpc) is 3.51. The lowest BCUT2D eigenvalue weighted by Gasteiger charge is -2.18. The van der Waals surface area contributed by atoms with Crippen molar-refractivity contribution in [1.29, 1.82) is 0 Å². The molecule has 0 bridgehead atoms. The van der Waals surface area contributed by atoms with Gasteiger partial charge in [-0.25, -0.2) is 18.0 Å². The van der Waals surface area contributed by atoms with Gasteiger partial charge in [0.2, 0.25) is 0 Å². The number of imide groups is 1. The summed E-state index contributed by atoms with van der Waals surface area (Å²) in [5.74, 6) is -1.21. The Labute approximate surface area is 195 Å². The second-order valence-corrected chi connectivity index (χ2v) is 10.5. The molecule has 1 fully saturated rings. The number of ether oxygens (including phenoxy) is 2. The molecule has 0 saturated heterocycles. The highest BCUT2D eigenvalue weighted by atomic mass is 32.2. The first-order chi connectivity index (χ1) is 15.8. The number of carbonyl (C=O) groups is 3. The van der Waals surface area contributed by atoms with Gasteiger partial charge in [-0.2, -0.15) is 0 Å². The van der Waals surface area contributed by atoms with Crippen molar-refractivity contribution in [2.24, 2.45) is 0 Å². The van der Waals surface area contributed by atoms with E-state index in [0.717, 1.165) is 41.3 Å². The van der Waals surface area contributed by atoms with Gasteiger partial charge in [0, 0.05) is 13.1 Å². The van der Waals surface area contributed by atoms with Gasteiger partial charge in [0.25, 0.3) is 15.9 Å². The lowest BCUT2D eigenvalue weighted by molar-refractivity contribution is -0.150. The number of urea groups is 1. The molecular weight excluding hydrogens is 470 g/mol. The Morgan fingerprint density at radius 2 is 1.79 bits per heavy atom. The van der Waals surface area contributed by atoms with Gasteiger partial charge in [-0.3, -0.25) is 14.4 Å². The fourth-order valence-corrected chi connectivity index (χ4v) is 5.58. The first kappa shape index (κ1) is 24.5. The molecular formula is C21H25N3O7S2. The van der Waals surface area contributed by atoms with Crippen molar-refractivity contribution in [3.8, 4) is 5.75 Å². The number of hydrogen-bond acceptors (Lipinski definition) is 8. The summed E-state index contributed by atoms with van der Waals surface area (Å²) in [6.45, 7) is -1.06. The summed E-state index contributed by atoms with van der Waals surface area (Å²) in [4.78, 5) is 35.3. The molecule has 0 spiro atoms. The molecule has 10 nitrogen and oxygen atoms in total. The molecule has 178 valence electrons. The quantitative estimate of drug-likeness (QED) is 0.510. The summed E-state index contributed by atoms with van der Waals surface area (Å²) < 4.78 is 36.6. The lowest BCUT2D eigenvalue weighted by Crippen LogP contribution is -2.45. The molecule has 3 amide bonds. The summed E-state index contributed by atoms with van der Waals surface area (Å²) in [6, 6.07) is 8.77. The molecule has 0 aliphatic heterocycles.